The number of nitrogens with zero attached hydrogens (tertiary/aromatic N) is 2. The standard InChI is InChI=1S/C13H18FN3O3/c1-9(13-8-16(2)5-6-20-13)15-11-4-3-10(14)7-12(11)17(18)19/h3-4,7,9,13,15H,5-6,8H2,1-2H3. The van der Waals surface area contributed by atoms with E-state index in [9.17, 15) is 14.5 Å². The van der Waals surface area contributed by atoms with Gasteiger partial charge >= 0.3 is 0 Å². The Hall–Kier alpha value is -1.73. The van der Waals surface area contributed by atoms with E-state index in [0.29, 0.717) is 12.3 Å². The number of rotatable bonds is 4. The van der Waals surface area contributed by atoms with Crippen molar-refractivity contribution in [1.82, 2.24) is 4.90 Å². The molecule has 2 unspecified atom stereocenters. The molecule has 1 aromatic rings. The summed E-state index contributed by atoms with van der Waals surface area (Å²) in [6.45, 7) is 4.17. The maximum atomic E-state index is 13.1. The number of anilines is 1. The van der Waals surface area contributed by atoms with Crippen molar-refractivity contribution in [3.05, 3.63) is 34.1 Å². The van der Waals surface area contributed by atoms with E-state index in [1.165, 1.54) is 12.1 Å². The lowest BCUT2D eigenvalue weighted by molar-refractivity contribution is -0.384. The molecule has 2 rings (SSSR count). The monoisotopic (exact) mass is 283 g/mol. The van der Waals surface area contributed by atoms with Crippen molar-refractivity contribution >= 4 is 11.4 Å². The topological polar surface area (TPSA) is 67.6 Å². The Morgan fingerprint density at radius 3 is 3.00 bits per heavy atom. The van der Waals surface area contributed by atoms with Crippen LogP contribution in [0.2, 0.25) is 0 Å². The summed E-state index contributed by atoms with van der Waals surface area (Å²) in [5.74, 6) is -0.622. The number of hydrogen-bond acceptors (Lipinski definition) is 5. The SMILES string of the molecule is CC(Nc1ccc(F)cc1[N+](=O)[O-])C1CN(C)CCO1. The maximum absolute atomic E-state index is 13.1. The minimum atomic E-state index is -0.622. The highest BCUT2D eigenvalue weighted by atomic mass is 19.1. The number of morpholine rings is 1. The van der Waals surface area contributed by atoms with Crippen molar-refractivity contribution in [1.29, 1.82) is 0 Å². The first-order chi connectivity index (χ1) is 9.47. The minimum absolute atomic E-state index is 0.0570. The van der Waals surface area contributed by atoms with Crippen LogP contribution in [-0.4, -0.2) is 48.7 Å². The fourth-order valence-electron chi connectivity index (χ4n) is 2.23. The highest BCUT2D eigenvalue weighted by molar-refractivity contribution is 5.61. The van der Waals surface area contributed by atoms with Gasteiger partial charge in [0.15, 0.2) is 0 Å². The first-order valence-electron chi connectivity index (χ1n) is 6.48. The number of nitro groups is 1. The predicted molar refractivity (Wildman–Crippen MR) is 73.4 cm³/mol. The molecule has 110 valence electrons. The van der Waals surface area contributed by atoms with Gasteiger partial charge in [-0.25, -0.2) is 4.39 Å². The molecular weight excluding hydrogens is 265 g/mol. The summed E-state index contributed by atoms with van der Waals surface area (Å²) in [5, 5.41) is 14.0. The number of hydrogen-bond donors (Lipinski definition) is 1. The van der Waals surface area contributed by atoms with Crippen LogP contribution in [0.4, 0.5) is 15.8 Å². The zero-order valence-corrected chi connectivity index (χ0v) is 11.5. The summed E-state index contributed by atoms with van der Waals surface area (Å²) in [6.07, 6.45) is -0.0570. The van der Waals surface area contributed by atoms with Crippen molar-refractivity contribution < 1.29 is 14.1 Å². The molecule has 0 spiro atoms. The molecule has 1 heterocycles. The first-order valence-corrected chi connectivity index (χ1v) is 6.48. The number of nitrogens with one attached hydrogen (secondary N) is 1. The second-order valence-corrected chi connectivity index (χ2v) is 5.02. The van der Waals surface area contributed by atoms with Gasteiger partial charge in [-0.15, -0.1) is 0 Å². The average Bonchev–Trinajstić information content (AvgIpc) is 2.40. The van der Waals surface area contributed by atoms with Gasteiger partial charge in [-0.3, -0.25) is 10.1 Å². The van der Waals surface area contributed by atoms with E-state index < -0.39 is 10.7 Å². The van der Waals surface area contributed by atoms with E-state index in [4.69, 9.17) is 4.74 Å². The highest BCUT2D eigenvalue weighted by Crippen LogP contribution is 2.26. The zero-order chi connectivity index (χ0) is 14.7. The minimum Gasteiger partial charge on any atom is -0.374 e. The molecule has 6 nitrogen and oxygen atoms in total. The van der Waals surface area contributed by atoms with Gasteiger partial charge in [-0.05, 0) is 26.1 Å². The maximum Gasteiger partial charge on any atom is 0.295 e. The van der Waals surface area contributed by atoms with Crippen molar-refractivity contribution in [3.63, 3.8) is 0 Å². The third-order valence-electron chi connectivity index (χ3n) is 3.39. The predicted octanol–water partition coefficient (Wildman–Crippen LogP) is 1.86. The average molecular weight is 283 g/mol. The Balaban J connectivity index is 2.11. The fraction of sp³-hybridized carbons (Fsp3) is 0.538. The van der Waals surface area contributed by atoms with E-state index in [1.807, 2.05) is 14.0 Å². The summed E-state index contributed by atoms with van der Waals surface area (Å²) in [6, 6.07) is 3.40. The number of halogens is 1. The van der Waals surface area contributed by atoms with Crippen LogP contribution < -0.4 is 5.32 Å². The molecule has 1 saturated heterocycles. The van der Waals surface area contributed by atoms with Crippen LogP contribution in [0, 0.1) is 15.9 Å². The van der Waals surface area contributed by atoms with Crippen LogP contribution in [-0.2, 0) is 4.74 Å². The van der Waals surface area contributed by atoms with Crippen molar-refractivity contribution in [2.45, 2.75) is 19.1 Å². The molecular formula is C13H18FN3O3. The number of nitro benzene ring substituents is 1. The lowest BCUT2D eigenvalue weighted by Gasteiger charge is -2.34. The summed E-state index contributed by atoms with van der Waals surface area (Å²) < 4.78 is 18.7. The zero-order valence-electron chi connectivity index (χ0n) is 11.5. The van der Waals surface area contributed by atoms with E-state index in [0.717, 1.165) is 19.2 Å². The van der Waals surface area contributed by atoms with Crippen LogP contribution >= 0.6 is 0 Å². The van der Waals surface area contributed by atoms with Gasteiger partial charge in [0.1, 0.15) is 11.5 Å². The molecule has 0 amide bonds. The first kappa shape index (κ1) is 14.7. The molecule has 1 aliphatic heterocycles. The third kappa shape index (κ3) is 3.43. The normalized spacial score (nSPS) is 21.4. The summed E-state index contributed by atoms with van der Waals surface area (Å²) in [5.41, 5.74) is 0.0433. The van der Waals surface area contributed by atoms with Gasteiger partial charge < -0.3 is 15.0 Å². The van der Waals surface area contributed by atoms with Gasteiger partial charge in [0, 0.05) is 13.1 Å². The quantitative estimate of drug-likeness (QED) is 0.675. The molecule has 0 aromatic heterocycles. The van der Waals surface area contributed by atoms with Crippen LogP contribution in [0.25, 0.3) is 0 Å². The Bertz CT molecular complexity index is 498. The van der Waals surface area contributed by atoms with Crippen molar-refractivity contribution in [2.75, 3.05) is 32.1 Å². The fourth-order valence-corrected chi connectivity index (χ4v) is 2.23. The van der Waals surface area contributed by atoms with Gasteiger partial charge in [0.25, 0.3) is 5.69 Å². The number of ether oxygens (including phenoxy) is 1. The summed E-state index contributed by atoms with van der Waals surface area (Å²) >= 11 is 0. The van der Waals surface area contributed by atoms with Crippen LogP contribution in [0.5, 0.6) is 0 Å². The van der Waals surface area contributed by atoms with Gasteiger partial charge in [-0.2, -0.15) is 0 Å². The van der Waals surface area contributed by atoms with Crippen molar-refractivity contribution in [2.24, 2.45) is 0 Å². The van der Waals surface area contributed by atoms with E-state index in [2.05, 4.69) is 10.2 Å². The molecule has 0 saturated carbocycles. The van der Waals surface area contributed by atoms with Crippen LogP contribution in [0.1, 0.15) is 6.92 Å². The largest absolute Gasteiger partial charge is 0.374 e. The van der Waals surface area contributed by atoms with Crippen molar-refractivity contribution in [3.8, 4) is 0 Å². The molecule has 20 heavy (non-hydrogen) atoms. The Labute approximate surface area is 116 Å². The molecule has 0 aliphatic carbocycles. The van der Waals surface area contributed by atoms with E-state index >= 15 is 0 Å². The molecule has 1 N–H and O–H groups in total. The highest BCUT2D eigenvalue weighted by Gasteiger charge is 2.25. The van der Waals surface area contributed by atoms with E-state index in [1.54, 1.807) is 0 Å². The van der Waals surface area contributed by atoms with Crippen LogP contribution in [0.15, 0.2) is 18.2 Å². The lowest BCUT2D eigenvalue weighted by atomic mass is 10.1. The van der Waals surface area contributed by atoms with Gasteiger partial charge in [0.2, 0.25) is 0 Å². The Kier molecular flexibility index (Phi) is 4.51. The molecule has 2 atom stereocenters. The molecule has 0 bridgehead atoms. The molecule has 0 radical (unpaired) electrons. The summed E-state index contributed by atoms with van der Waals surface area (Å²) in [4.78, 5) is 12.5. The molecule has 1 aromatic carbocycles. The second-order valence-electron chi connectivity index (χ2n) is 5.02. The number of likely N-dealkylation sites (N-methyl/N-ethyl adjacent to an activating group) is 1. The number of benzene rings is 1. The molecule has 7 heteroatoms. The third-order valence-corrected chi connectivity index (χ3v) is 3.39. The molecule has 1 fully saturated rings. The van der Waals surface area contributed by atoms with Gasteiger partial charge in [0.05, 0.1) is 29.7 Å². The van der Waals surface area contributed by atoms with E-state index in [-0.39, 0.29) is 17.8 Å². The smallest absolute Gasteiger partial charge is 0.295 e. The Morgan fingerprint density at radius 2 is 2.35 bits per heavy atom. The molecule has 1 aliphatic rings. The second kappa shape index (κ2) is 6.15. The van der Waals surface area contributed by atoms with Crippen LogP contribution in [0.3, 0.4) is 0 Å². The lowest BCUT2D eigenvalue weighted by Crippen LogP contribution is -2.47. The Morgan fingerprint density at radius 1 is 1.60 bits per heavy atom. The summed E-state index contributed by atoms with van der Waals surface area (Å²) in [7, 11) is 2.00. The van der Waals surface area contributed by atoms with Gasteiger partial charge in [-0.1, -0.05) is 0 Å².